The zero-order valence-electron chi connectivity index (χ0n) is 10.4. The highest BCUT2D eigenvalue weighted by Gasteiger charge is 2.07. The van der Waals surface area contributed by atoms with Gasteiger partial charge in [0.25, 0.3) is 5.91 Å². The summed E-state index contributed by atoms with van der Waals surface area (Å²) in [4.78, 5) is 23.2. The van der Waals surface area contributed by atoms with E-state index in [1.807, 2.05) is 0 Å². The third-order valence-corrected chi connectivity index (χ3v) is 3.38. The topological polar surface area (TPSA) is 81.4 Å². The van der Waals surface area contributed by atoms with E-state index in [1.54, 1.807) is 25.2 Å². The average Bonchev–Trinajstić information content (AvgIpc) is 2.39. The number of esters is 1. The molecule has 1 aromatic rings. The number of ether oxygens (including phenoxy) is 1. The summed E-state index contributed by atoms with van der Waals surface area (Å²) in [6.45, 7) is 0. The van der Waals surface area contributed by atoms with Crippen molar-refractivity contribution in [1.82, 2.24) is 5.32 Å². The van der Waals surface area contributed by atoms with Crippen LogP contribution in [0.15, 0.2) is 23.1 Å². The summed E-state index contributed by atoms with van der Waals surface area (Å²) >= 11 is 1.46. The van der Waals surface area contributed by atoms with E-state index in [0.29, 0.717) is 23.4 Å². The lowest BCUT2D eigenvalue weighted by molar-refractivity contribution is -0.140. The molecule has 18 heavy (non-hydrogen) atoms. The van der Waals surface area contributed by atoms with Crippen molar-refractivity contribution in [3.63, 3.8) is 0 Å². The Morgan fingerprint density at radius 3 is 2.72 bits per heavy atom. The monoisotopic (exact) mass is 268 g/mol. The van der Waals surface area contributed by atoms with Crippen LogP contribution >= 0.6 is 11.8 Å². The molecule has 1 rings (SSSR count). The lowest BCUT2D eigenvalue weighted by Gasteiger charge is -2.07. The zero-order chi connectivity index (χ0) is 13.5. The molecule has 98 valence electrons. The summed E-state index contributed by atoms with van der Waals surface area (Å²) in [6, 6.07) is 5.11. The van der Waals surface area contributed by atoms with Gasteiger partial charge in [-0.3, -0.25) is 9.59 Å². The molecule has 0 aliphatic rings. The van der Waals surface area contributed by atoms with E-state index in [-0.39, 0.29) is 11.9 Å². The smallest absolute Gasteiger partial charge is 0.306 e. The predicted molar refractivity (Wildman–Crippen MR) is 71.6 cm³/mol. The normalized spacial score (nSPS) is 9.89. The molecule has 0 unspecified atom stereocenters. The van der Waals surface area contributed by atoms with Crippen LogP contribution in [0.1, 0.15) is 16.8 Å². The first-order valence-electron chi connectivity index (χ1n) is 5.39. The summed E-state index contributed by atoms with van der Waals surface area (Å²) in [5.41, 5.74) is 6.90. The molecule has 3 N–H and O–H groups in total. The molecule has 6 heteroatoms. The highest BCUT2D eigenvalue weighted by atomic mass is 32.2. The molecule has 0 spiro atoms. The number of methoxy groups -OCH3 is 1. The minimum absolute atomic E-state index is 0.173. The van der Waals surface area contributed by atoms with Gasteiger partial charge in [0.2, 0.25) is 0 Å². The molecular formula is C12H16N2O3S. The van der Waals surface area contributed by atoms with E-state index in [4.69, 9.17) is 5.73 Å². The third kappa shape index (κ3) is 3.96. The van der Waals surface area contributed by atoms with Crippen LogP contribution in [-0.4, -0.2) is 31.8 Å². The zero-order valence-corrected chi connectivity index (χ0v) is 11.2. The minimum atomic E-state index is -0.247. The number of hydrogen-bond acceptors (Lipinski definition) is 5. The molecule has 0 atom stereocenters. The predicted octanol–water partition coefficient (Wildman–Crippen LogP) is 1.28. The molecule has 0 saturated carbocycles. The molecule has 0 radical (unpaired) electrons. The highest BCUT2D eigenvalue weighted by molar-refractivity contribution is 7.99. The number of rotatable bonds is 5. The van der Waals surface area contributed by atoms with Gasteiger partial charge in [-0.1, -0.05) is 0 Å². The lowest BCUT2D eigenvalue weighted by atomic mass is 10.2. The number of thioether (sulfide) groups is 1. The van der Waals surface area contributed by atoms with Crippen molar-refractivity contribution in [3.05, 3.63) is 23.8 Å². The lowest BCUT2D eigenvalue weighted by Crippen LogP contribution is -2.17. The fourth-order valence-electron chi connectivity index (χ4n) is 1.31. The Hall–Kier alpha value is -1.69. The van der Waals surface area contributed by atoms with Crippen LogP contribution in [0, 0.1) is 0 Å². The number of carbonyl (C=O) groups excluding carboxylic acids is 2. The Labute approximate surface area is 110 Å². The van der Waals surface area contributed by atoms with Gasteiger partial charge in [0.15, 0.2) is 0 Å². The molecule has 0 aromatic heterocycles. The van der Waals surface area contributed by atoms with Crippen molar-refractivity contribution in [1.29, 1.82) is 0 Å². The van der Waals surface area contributed by atoms with E-state index in [2.05, 4.69) is 10.1 Å². The molecule has 1 aromatic carbocycles. The molecular weight excluding hydrogens is 252 g/mol. The first-order chi connectivity index (χ1) is 8.58. The van der Waals surface area contributed by atoms with Crippen LogP contribution in [0.2, 0.25) is 0 Å². The quantitative estimate of drug-likeness (QED) is 0.477. The molecule has 0 heterocycles. The van der Waals surface area contributed by atoms with Crippen LogP contribution in [0.3, 0.4) is 0 Å². The van der Waals surface area contributed by atoms with Gasteiger partial charge < -0.3 is 15.8 Å². The number of carbonyl (C=O) groups is 2. The van der Waals surface area contributed by atoms with Crippen LogP contribution in [0.4, 0.5) is 5.69 Å². The van der Waals surface area contributed by atoms with Gasteiger partial charge in [-0.25, -0.2) is 0 Å². The average molecular weight is 268 g/mol. The molecule has 0 aliphatic carbocycles. The number of nitrogen functional groups attached to an aromatic ring is 1. The first-order valence-corrected chi connectivity index (χ1v) is 6.38. The number of nitrogens with one attached hydrogen (secondary N) is 1. The van der Waals surface area contributed by atoms with Crippen molar-refractivity contribution in [3.8, 4) is 0 Å². The Morgan fingerprint density at radius 1 is 1.44 bits per heavy atom. The maximum atomic E-state index is 11.4. The third-order valence-electron chi connectivity index (χ3n) is 2.29. The van der Waals surface area contributed by atoms with Crippen molar-refractivity contribution >= 4 is 29.3 Å². The van der Waals surface area contributed by atoms with Gasteiger partial charge in [-0.05, 0) is 18.2 Å². The second-order valence-electron chi connectivity index (χ2n) is 3.51. The summed E-state index contributed by atoms with van der Waals surface area (Å²) < 4.78 is 4.55. The van der Waals surface area contributed by atoms with Gasteiger partial charge in [0.1, 0.15) is 0 Å². The molecule has 1 amide bonds. The van der Waals surface area contributed by atoms with Crippen LogP contribution in [0.5, 0.6) is 0 Å². The summed E-state index contributed by atoms with van der Waals surface area (Å²) in [5, 5.41) is 2.53. The summed E-state index contributed by atoms with van der Waals surface area (Å²) in [7, 11) is 2.93. The van der Waals surface area contributed by atoms with E-state index < -0.39 is 0 Å². The van der Waals surface area contributed by atoms with E-state index in [9.17, 15) is 9.59 Å². The van der Waals surface area contributed by atoms with Crippen molar-refractivity contribution in [2.24, 2.45) is 0 Å². The van der Waals surface area contributed by atoms with Crippen LogP contribution in [-0.2, 0) is 9.53 Å². The van der Waals surface area contributed by atoms with Crippen molar-refractivity contribution < 1.29 is 14.3 Å². The van der Waals surface area contributed by atoms with Gasteiger partial charge in [-0.15, -0.1) is 11.8 Å². The summed E-state index contributed by atoms with van der Waals surface area (Å²) in [6.07, 6.45) is 0.331. The highest BCUT2D eigenvalue weighted by Crippen LogP contribution is 2.26. The Balaban J connectivity index is 2.63. The van der Waals surface area contributed by atoms with Gasteiger partial charge in [0, 0.05) is 28.9 Å². The number of nitrogens with two attached hydrogens (primary N) is 1. The van der Waals surface area contributed by atoms with Crippen molar-refractivity contribution in [2.45, 2.75) is 11.3 Å². The fraction of sp³-hybridized carbons (Fsp3) is 0.333. The Kier molecular flexibility index (Phi) is 5.51. The molecule has 0 fully saturated rings. The molecule has 5 nitrogen and oxygen atoms in total. The fourth-order valence-corrected chi connectivity index (χ4v) is 2.19. The molecule has 0 saturated heterocycles. The van der Waals surface area contributed by atoms with Gasteiger partial charge >= 0.3 is 5.97 Å². The van der Waals surface area contributed by atoms with Crippen molar-refractivity contribution in [2.75, 3.05) is 25.6 Å². The van der Waals surface area contributed by atoms with Gasteiger partial charge in [-0.2, -0.15) is 0 Å². The second-order valence-corrected chi connectivity index (χ2v) is 4.64. The molecule has 0 aliphatic heterocycles. The SMILES string of the molecule is CNC(=O)c1ccc(SCCC(=O)OC)c(N)c1. The van der Waals surface area contributed by atoms with Gasteiger partial charge in [0.05, 0.1) is 13.5 Å². The largest absolute Gasteiger partial charge is 0.469 e. The number of anilines is 1. The maximum absolute atomic E-state index is 11.4. The van der Waals surface area contributed by atoms with E-state index >= 15 is 0 Å². The number of benzene rings is 1. The van der Waals surface area contributed by atoms with Crippen LogP contribution in [0.25, 0.3) is 0 Å². The summed E-state index contributed by atoms with van der Waals surface area (Å²) in [5.74, 6) is 0.173. The first kappa shape index (κ1) is 14.4. The van der Waals surface area contributed by atoms with Crippen LogP contribution < -0.4 is 11.1 Å². The second kappa shape index (κ2) is 6.90. The Morgan fingerprint density at radius 2 is 2.17 bits per heavy atom. The minimum Gasteiger partial charge on any atom is -0.469 e. The van der Waals surface area contributed by atoms with E-state index in [0.717, 1.165) is 4.90 Å². The number of amides is 1. The molecule has 0 bridgehead atoms. The van der Waals surface area contributed by atoms with E-state index in [1.165, 1.54) is 18.9 Å². The number of hydrogen-bond donors (Lipinski definition) is 2. The maximum Gasteiger partial charge on any atom is 0.306 e. The standard InChI is InChI=1S/C12H16N2O3S/c1-14-12(16)8-3-4-10(9(13)7-8)18-6-5-11(15)17-2/h3-4,7H,5-6,13H2,1-2H3,(H,14,16). The Bertz CT molecular complexity index is 449.